The van der Waals surface area contributed by atoms with E-state index in [1.165, 1.54) is 0 Å². The summed E-state index contributed by atoms with van der Waals surface area (Å²) in [5.74, 6) is 1.43. The first-order valence-corrected chi connectivity index (χ1v) is 8.97. The van der Waals surface area contributed by atoms with Crippen LogP contribution in [0.2, 0.25) is 0 Å². The molecule has 2 aromatic rings. The van der Waals surface area contributed by atoms with Gasteiger partial charge in [0, 0.05) is 57.1 Å². The zero-order valence-electron chi connectivity index (χ0n) is 15.9. The molecule has 2 aromatic heterocycles. The first kappa shape index (κ1) is 18.2. The average Bonchev–Trinajstić information content (AvgIpc) is 2.83. The minimum Gasteiger partial charge on any atom is -0.339 e. The largest absolute Gasteiger partial charge is 0.339 e. The van der Waals surface area contributed by atoms with Crippen LogP contribution in [0.5, 0.6) is 0 Å². The maximum absolute atomic E-state index is 12.7. The molecule has 0 unspecified atom stereocenters. The van der Waals surface area contributed by atoms with Crippen LogP contribution < -0.4 is 10.2 Å². The molecule has 0 aromatic carbocycles. The predicted octanol–water partition coefficient (Wildman–Crippen LogP) is 2.25. The number of aryl methyl sites for hydroxylation is 1. The molecule has 0 atom stereocenters. The minimum atomic E-state index is -0.0933. The second-order valence-electron chi connectivity index (χ2n) is 7.60. The first-order chi connectivity index (χ1) is 12.3. The molecule has 26 heavy (non-hydrogen) atoms. The Bertz CT molecular complexity index is 751. The lowest BCUT2D eigenvalue weighted by Gasteiger charge is -2.22. The number of urea groups is 1. The maximum atomic E-state index is 12.7. The zero-order valence-corrected chi connectivity index (χ0v) is 15.9. The van der Waals surface area contributed by atoms with Crippen LogP contribution in [-0.2, 0) is 12.5 Å². The van der Waals surface area contributed by atoms with E-state index >= 15 is 0 Å². The highest BCUT2D eigenvalue weighted by atomic mass is 16.2. The van der Waals surface area contributed by atoms with E-state index in [-0.39, 0.29) is 11.4 Å². The van der Waals surface area contributed by atoms with Crippen molar-refractivity contribution in [1.82, 2.24) is 24.6 Å². The molecule has 8 nitrogen and oxygen atoms in total. The third-order valence-corrected chi connectivity index (χ3v) is 4.50. The Labute approximate surface area is 154 Å². The van der Waals surface area contributed by atoms with E-state index in [1.807, 2.05) is 18.0 Å². The number of nitrogens with zero attached hydrogens (tertiary/aromatic N) is 6. The molecule has 8 heteroatoms. The summed E-state index contributed by atoms with van der Waals surface area (Å²) >= 11 is 0. The van der Waals surface area contributed by atoms with Crippen molar-refractivity contribution in [3.8, 4) is 0 Å². The van der Waals surface area contributed by atoms with Crippen molar-refractivity contribution in [2.75, 3.05) is 36.4 Å². The van der Waals surface area contributed by atoms with Crippen molar-refractivity contribution in [3.05, 3.63) is 30.2 Å². The predicted molar refractivity (Wildman–Crippen MR) is 101 cm³/mol. The summed E-state index contributed by atoms with van der Waals surface area (Å²) < 4.78 is 1.72. The van der Waals surface area contributed by atoms with Crippen molar-refractivity contribution >= 4 is 17.8 Å². The molecule has 0 saturated carbocycles. The number of nitrogens with one attached hydrogen (secondary N) is 1. The Morgan fingerprint density at radius 3 is 2.50 bits per heavy atom. The van der Waals surface area contributed by atoms with Crippen LogP contribution in [0.1, 0.15) is 32.9 Å². The molecule has 2 amide bonds. The number of carbonyl (C=O) groups excluding carboxylic acids is 1. The Morgan fingerprint density at radius 2 is 1.85 bits per heavy atom. The van der Waals surface area contributed by atoms with Crippen LogP contribution in [0, 0.1) is 0 Å². The quantitative estimate of drug-likeness (QED) is 0.892. The van der Waals surface area contributed by atoms with Crippen molar-refractivity contribution in [3.63, 3.8) is 0 Å². The summed E-state index contributed by atoms with van der Waals surface area (Å²) in [6.45, 7) is 9.22. The van der Waals surface area contributed by atoms with Crippen LogP contribution >= 0.6 is 0 Å². The molecule has 3 heterocycles. The van der Waals surface area contributed by atoms with Crippen molar-refractivity contribution in [2.24, 2.45) is 7.05 Å². The lowest BCUT2D eigenvalue weighted by Crippen LogP contribution is -2.38. The van der Waals surface area contributed by atoms with Gasteiger partial charge in [0.2, 0.25) is 5.95 Å². The molecule has 1 fully saturated rings. The smallest absolute Gasteiger partial charge is 0.323 e. The topological polar surface area (TPSA) is 79.2 Å². The van der Waals surface area contributed by atoms with Crippen LogP contribution in [0.25, 0.3) is 0 Å². The number of amides is 2. The van der Waals surface area contributed by atoms with Gasteiger partial charge in [0.25, 0.3) is 0 Å². The van der Waals surface area contributed by atoms with Gasteiger partial charge in [-0.05, 0) is 12.5 Å². The monoisotopic (exact) mass is 357 g/mol. The van der Waals surface area contributed by atoms with E-state index < -0.39 is 0 Å². The fourth-order valence-electron chi connectivity index (χ4n) is 2.91. The summed E-state index contributed by atoms with van der Waals surface area (Å²) in [7, 11) is 1.85. The summed E-state index contributed by atoms with van der Waals surface area (Å²) in [6, 6.07) is 3.66. The van der Waals surface area contributed by atoms with Crippen molar-refractivity contribution in [2.45, 2.75) is 32.6 Å². The highest BCUT2D eigenvalue weighted by molar-refractivity contribution is 5.88. The molecule has 0 aliphatic carbocycles. The van der Waals surface area contributed by atoms with Gasteiger partial charge in [-0.1, -0.05) is 20.8 Å². The minimum absolute atomic E-state index is 0.0560. The normalized spacial score (nSPS) is 15.7. The molecular formula is C18H27N7O. The second-order valence-corrected chi connectivity index (χ2v) is 7.60. The van der Waals surface area contributed by atoms with Crippen molar-refractivity contribution < 1.29 is 4.79 Å². The Balaban J connectivity index is 1.63. The molecule has 1 saturated heterocycles. The van der Waals surface area contributed by atoms with Crippen LogP contribution in [0.4, 0.5) is 16.6 Å². The molecule has 1 aliphatic heterocycles. The molecular weight excluding hydrogens is 330 g/mol. The number of anilines is 2. The number of hydrogen-bond acceptors (Lipinski definition) is 5. The van der Waals surface area contributed by atoms with Gasteiger partial charge in [0.1, 0.15) is 5.82 Å². The van der Waals surface area contributed by atoms with E-state index in [9.17, 15) is 4.79 Å². The Morgan fingerprint density at radius 1 is 1.12 bits per heavy atom. The number of rotatable bonds is 2. The van der Waals surface area contributed by atoms with Gasteiger partial charge in [-0.2, -0.15) is 5.10 Å². The lowest BCUT2D eigenvalue weighted by molar-refractivity contribution is 0.215. The zero-order chi connectivity index (χ0) is 18.7. The molecule has 3 rings (SSSR count). The summed E-state index contributed by atoms with van der Waals surface area (Å²) in [5, 5.41) is 7.50. The summed E-state index contributed by atoms with van der Waals surface area (Å²) in [4.78, 5) is 25.3. The number of aromatic nitrogens is 4. The number of hydrogen-bond donors (Lipinski definition) is 1. The third kappa shape index (κ3) is 4.12. The van der Waals surface area contributed by atoms with Crippen LogP contribution in [-0.4, -0.2) is 56.9 Å². The molecule has 1 aliphatic rings. The summed E-state index contributed by atoms with van der Waals surface area (Å²) in [5.41, 5.74) is 0.901. The highest BCUT2D eigenvalue weighted by Gasteiger charge is 2.23. The van der Waals surface area contributed by atoms with Gasteiger partial charge < -0.3 is 9.80 Å². The van der Waals surface area contributed by atoms with E-state index in [0.717, 1.165) is 31.2 Å². The SMILES string of the molecule is Cn1nc(C(C)(C)C)cc1NC(=O)N1CCCN(c2ncccn2)CC1. The molecule has 140 valence electrons. The number of carbonyl (C=O) groups is 1. The highest BCUT2D eigenvalue weighted by Crippen LogP contribution is 2.23. The molecule has 0 bridgehead atoms. The van der Waals surface area contributed by atoms with Gasteiger partial charge in [0.15, 0.2) is 0 Å². The van der Waals surface area contributed by atoms with Crippen molar-refractivity contribution in [1.29, 1.82) is 0 Å². The van der Waals surface area contributed by atoms with Gasteiger partial charge in [-0.15, -0.1) is 0 Å². The lowest BCUT2D eigenvalue weighted by atomic mass is 9.92. The standard InChI is InChI=1S/C18H27N7O/c1-18(2,3)14-13-15(23(4)22-14)21-17(26)25-10-6-9-24(11-12-25)16-19-7-5-8-20-16/h5,7-8,13H,6,9-12H2,1-4H3,(H,21,26). The Kier molecular flexibility index (Phi) is 5.11. The van der Waals surface area contributed by atoms with Crippen LogP contribution in [0.3, 0.4) is 0 Å². The van der Waals surface area contributed by atoms with Gasteiger partial charge in [-0.25, -0.2) is 14.8 Å². The van der Waals surface area contributed by atoms with Crippen LogP contribution in [0.15, 0.2) is 24.5 Å². The van der Waals surface area contributed by atoms with Gasteiger partial charge >= 0.3 is 6.03 Å². The van der Waals surface area contributed by atoms with E-state index in [2.05, 4.69) is 46.1 Å². The van der Waals surface area contributed by atoms with E-state index in [0.29, 0.717) is 18.9 Å². The van der Waals surface area contributed by atoms with E-state index in [1.54, 1.807) is 23.1 Å². The van der Waals surface area contributed by atoms with E-state index in [4.69, 9.17) is 0 Å². The second kappa shape index (κ2) is 7.31. The fourth-order valence-corrected chi connectivity index (χ4v) is 2.91. The fraction of sp³-hybridized carbons (Fsp3) is 0.556. The van der Waals surface area contributed by atoms with Gasteiger partial charge in [0.05, 0.1) is 5.69 Å². The Hall–Kier alpha value is -2.64. The maximum Gasteiger partial charge on any atom is 0.323 e. The first-order valence-electron chi connectivity index (χ1n) is 8.97. The van der Waals surface area contributed by atoms with Gasteiger partial charge in [-0.3, -0.25) is 10.00 Å². The molecule has 0 spiro atoms. The molecule has 1 N–H and O–H groups in total. The summed E-state index contributed by atoms with van der Waals surface area (Å²) in [6.07, 6.45) is 4.37. The molecule has 0 radical (unpaired) electrons. The third-order valence-electron chi connectivity index (χ3n) is 4.50. The average molecular weight is 357 g/mol.